The van der Waals surface area contributed by atoms with Gasteiger partial charge in [0.25, 0.3) is 10.0 Å². The average Bonchev–Trinajstić information content (AvgIpc) is 3.05. The predicted molar refractivity (Wildman–Crippen MR) is 77.2 cm³/mol. The van der Waals surface area contributed by atoms with Gasteiger partial charge in [-0.1, -0.05) is 0 Å². The normalized spacial score (nSPS) is 12.2. The molecule has 0 aliphatic rings. The quantitative estimate of drug-likeness (QED) is 0.787. The smallest absolute Gasteiger partial charge is 0.252 e. The van der Waals surface area contributed by atoms with Crippen LogP contribution < -0.4 is 0 Å². The van der Waals surface area contributed by atoms with E-state index < -0.39 is 10.0 Å². The van der Waals surface area contributed by atoms with Gasteiger partial charge in [-0.3, -0.25) is 0 Å². The maximum Gasteiger partial charge on any atom is 0.252 e. The lowest BCUT2D eigenvalue weighted by atomic mass is 10.3. The van der Waals surface area contributed by atoms with Crippen LogP contribution >= 0.6 is 11.3 Å². The highest BCUT2D eigenvalue weighted by molar-refractivity contribution is 7.91. The van der Waals surface area contributed by atoms with Crippen LogP contribution in [0, 0.1) is 6.92 Å². The standard InChI is InChI=1S/C13H17NO4S2/c1-11-3-4-13(19-11)20(15,16)14(6-8-17-2)9-12-5-7-18-10-12/h3-5,7,10H,6,8-9H2,1-2H3. The van der Waals surface area contributed by atoms with Gasteiger partial charge in [0.05, 0.1) is 19.1 Å². The van der Waals surface area contributed by atoms with E-state index in [1.165, 1.54) is 21.9 Å². The van der Waals surface area contributed by atoms with Gasteiger partial charge in [-0.05, 0) is 25.1 Å². The molecule has 2 aromatic heterocycles. The molecule has 0 N–H and O–H groups in total. The zero-order chi connectivity index (χ0) is 14.6. The van der Waals surface area contributed by atoms with E-state index in [1.807, 2.05) is 13.0 Å². The Morgan fingerprint density at radius 3 is 2.70 bits per heavy atom. The van der Waals surface area contributed by atoms with Crippen LogP contribution in [0.4, 0.5) is 0 Å². The zero-order valence-corrected chi connectivity index (χ0v) is 13.0. The van der Waals surface area contributed by atoms with E-state index in [-0.39, 0.29) is 6.54 Å². The van der Waals surface area contributed by atoms with E-state index in [0.717, 1.165) is 10.4 Å². The number of furan rings is 1. The van der Waals surface area contributed by atoms with Crippen molar-refractivity contribution in [1.82, 2.24) is 4.31 Å². The SMILES string of the molecule is COCCN(Cc1ccoc1)S(=O)(=O)c1ccc(C)s1. The van der Waals surface area contributed by atoms with E-state index in [9.17, 15) is 8.42 Å². The van der Waals surface area contributed by atoms with Gasteiger partial charge in [0.15, 0.2) is 0 Å². The summed E-state index contributed by atoms with van der Waals surface area (Å²) >= 11 is 1.28. The number of thiophene rings is 1. The number of methoxy groups -OCH3 is 1. The second-order valence-corrected chi connectivity index (χ2v) is 7.78. The molecule has 110 valence electrons. The van der Waals surface area contributed by atoms with E-state index in [0.29, 0.717) is 17.4 Å². The largest absolute Gasteiger partial charge is 0.472 e. The number of rotatable bonds is 7. The van der Waals surface area contributed by atoms with Crippen LogP contribution in [0.15, 0.2) is 39.4 Å². The first-order valence-electron chi connectivity index (χ1n) is 6.10. The molecule has 0 radical (unpaired) electrons. The van der Waals surface area contributed by atoms with Gasteiger partial charge in [0.1, 0.15) is 4.21 Å². The van der Waals surface area contributed by atoms with E-state index >= 15 is 0 Å². The topological polar surface area (TPSA) is 59.8 Å². The summed E-state index contributed by atoms with van der Waals surface area (Å²) in [7, 11) is -1.94. The molecule has 0 aromatic carbocycles. The molecule has 0 aliphatic carbocycles. The van der Waals surface area contributed by atoms with Crippen molar-refractivity contribution in [2.24, 2.45) is 0 Å². The Bertz CT molecular complexity index is 631. The Hall–Kier alpha value is -1.15. The van der Waals surface area contributed by atoms with Gasteiger partial charge >= 0.3 is 0 Å². The van der Waals surface area contributed by atoms with Crippen molar-refractivity contribution in [3.63, 3.8) is 0 Å². The van der Waals surface area contributed by atoms with Gasteiger partial charge in [-0.15, -0.1) is 11.3 Å². The number of hydrogen-bond donors (Lipinski definition) is 0. The summed E-state index contributed by atoms with van der Waals surface area (Å²) in [4.78, 5) is 0.971. The van der Waals surface area contributed by atoms with Crippen LogP contribution in [0.2, 0.25) is 0 Å². The van der Waals surface area contributed by atoms with Crippen LogP contribution in [0.5, 0.6) is 0 Å². The lowest BCUT2D eigenvalue weighted by Crippen LogP contribution is -2.33. The third-order valence-corrected chi connectivity index (χ3v) is 6.11. The van der Waals surface area contributed by atoms with Gasteiger partial charge in [0, 0.05) is 30.6 Å². The van der Waals surface area contributed by atoms with Crippen molar-refractivity contribution in [2.45, 2.75) is 17.7 Å². The minimum Gasteiger partial charge on any atom is -0.472 e. The Balaban J connectivity index is 2.25. The lowest BCUT2D eigenvalue weighted by molar-refractivity contribution is 0.177. The molecule has 7 heteroatoms. The summed E-state index contributed by atoms with van der Waals surface area (Å²) in [6.07, 6.45) is 3.08. The number of nitrogens with zero attached hydrogens (tertiary/aromatic N) is 1. The third kappa shape index (κ3) is 3.49. The molecule has 5 nitrogen and oxygen atoms in total. The molecule has 0 fully saturated rings. The lowest BCUT2D eigenvalue weighted by Gasteiger charge is -2.20. The first-order valence-corrected chi connectivity index (χ1v) is 8.36. The fraction of sp³-hybridized carbons (Fsp3) is 0.385. The number of aryl methyl sites for hydroxylation is 1. The minimum absolute atomic E-state index is 0.277. The molecule has 2 aromatic rings. The van der Waals surface area contributed by atoms with Crippen LogP contribution in [-0.2, 0) is 21.3 Å². The molecule has 0 atom stereocenters. The van der Waals surface area contributed by atoms with E-state index in [4.69, 9.17) is 9.15 Å². The fourth-order valence-electron chi connectivity index (χ4n) is 1.74. The van der Waals surface area contributed by atoms with Crippen molar-refractivity contribution < 1.29 is 17.6 Å². The maximum atomic E-state index is 12.6. The van der Waals surface area contributed by atoms with Crippen LogP contribution in [0.3, 0.4) is 0 Å². The summed E-state index contributed by atoms with van der Waals surface area (Å²) in [6.45, 7) is 2.82. The Labute approximate surface area is 122 Å². The molecule has 0 amide bonds. The Morgan fingerprint density at radius 2 is 2.15 bits per heavy atom. The first kappa shape index (κ1) is 15.2. The molecule has 20 heavy (non-hydrogen) atoms. The van der Waals surface area contributed by atoms with E-state index in [2.05, 4.69) is 0 Å². The fourth-order valence-corrected chi connectivity index (χ4v) is 4.59. The van der Waals surface area contributed by atoms with Crippen molar-refractivity contribution in [3.8, 4) is 0 Å². The predicted octanol–water partition coefficient (Wildman–Crippen LogP) is 2.49. The average molecular weight is 315 g/mol. The monoisotopic (exact) mass is 315 g/mol. The summed E-state index contributed by atoms with van der Waals surface area (Å²) in [5.74, 6) is 0. The van der Waals surface area contributed by atoms with Crippen molar-refractivity contribution in [1.29, 1.82) is 0 Å². The molecule has 2 heterocycles. The summed E-state index contributed by atoms with van der Waals surface area (Å²) in [6, 6.07) is 5.21. The Morgan fingerprint density at radius 1 is 1.35 bits per heavy atom. The Kier molecular flexibility index (Phi) is 4.98. The molecule has 2 rings (SSSR count). The molecule has 0 aliphatic heterocycles. The second-order valence-electron chi connectivity index (χ2n) is 4.33. The van der Waals surface area contributed by atoms with Gasteiger partial charge < -0.3 is 9.15 Å². The first-order chi connectivity index (χ1) is 9.54. The molecule has 0 saturated carbocycles. The van der Waals surface area contributed by atoms with Gasteiger partial charge in [-0.2, -0.15) is 4.31 Å². The highest BCUT2D eigenvalue weighted by Gasteiger charge is 2.26. The minimum atomic E-state index is -3.50. The number of hydrogen-bond acceptors (Lipinski definition) is 5. The second kappa shape index (κ2) is 6.53. The highest BCUT2D eigenvalue weighted by Crippen LogP contribution is 2.25. The highest BCUT2D eigenvalue weighted by atomic mass is 32.2. The molecular weight excluding hydrogens is 298 g/mol. The molecule has 0 unspecified atom stereocenters. The van der Waals surface area contributed by atoms with Crippen molar-refractivity contribution in [3.05, 3.63) is 41.2 Å². The van der Waals surface area contributed by atoms with E-state index in [1.54, 1.807) is 25.5 Å². The summed E-state index contributed by atoms with van der Waals surface area (Å²) < 4.78 is 37.0. The summed E-state index contributed by atoms with van der Waals surface area (Å²) in [5.41, 5.74) is 0.818. The van der Waals surface area contributed by atoms with Crippen molar-refractivity contribution in [2.75, 3.05) is 20.3 Å². The van der Waals surface area contributed by atoms with Gasteiger partial charge in [0.2, 0.25) is 0 Å². The van der Waals surface area contributed by atoms with Crippen LogP contribution in [0.1, 0.15) is 10.4 Å². The molecular formula is C13H17NO4S2. The number of ether oxygens (including phenoxy) is 1. The molecule has 0 spiro atoms. The van der Waals surface area contributed by atoms with Crippen LogP contribution in [0.25, 0.3) is 0 Å². The van der Waals surface area contributed by atoms with Crippen molar-refractivity contribution >= 4 is 21.4 Å². The van der Waals surface area contributed by atoms with Crippen LogP contribution in [-0.4, -0.2) is 33.0 Å². The molecule has 0 saturated heterocycles. The number of sulfonamides is 1. The van der Waals surface area contributed by atoms with Gasteiger partial charge in [-0.25, -0.2) is 8.42 Å². The zero-order valence-electron chi connectivity index (χ0n) is 11.4. The third-order valence-electron chi connectivity index (χ3n) is 2.79. The maximum absolute atomic E-state index is 12.6. The summed E-state index contributed by atoms with van der Waals surface area (Å²) in [5, 5.41) is 0. The molecule has 0 bridgehead atoms.